The number of nitrogens with two attached hydrogens (primary N) is 1. The maximum atomic E-state index is 5.62. The smallest absolute Gasteiger partial charge is 0.230 e. The molecule has 3 aromatic rings. The highest BCUT2D eigenvalue weighted by molar-refractivity contribution is 5.77. The Morgan fingerprint density at radius 3 is 2.72 bits per heavy atom. The van der Waals surface area contributed by atoms with Crippen LogP contribution in [0.2, 0.25) is 0 Å². The number of nitrogens with zero attached hydrogens (tertiary/aromatic N) is 3. The normalized spacial score (nSPS) is 10.7. The quantitative estimate of drug-likeness (QED) is 0.738. The molecule has 1 aromatic carbocycles. The van der Waals surface area contributed by atoms with E-state index in [4.69, 9.17) is 14.9 Å². The SMILES string of the molecule is COc1ccc2nc(-c3cnc(N)nc3)oc2c1. The Bertz CT molecular complexity index is 691. The molecule has 0 saturated heterocycles. The number of oxazole rings is 1. The molecule has 0 aliphatic rings. The number of anilines is 1. The lowest BCUT2D eigenvalue weighted by molar-refractivity contribution is 0.414. The van der Waals surface area contributed by atoms with E-state index in [2.05, 4.69) is 15.0 Å². The van der Waals surface area contributed by atoms with Crippen LogP contribution < -0.4 is 10.5 Å². The Labute approximate surface area is 102 Å². The monoisotopic (exact) mass is 242 g/mol. The van der Waals surface area contributed by atoms with Crippen LogP contribution in [0.3, 0.4) is 0 Å². The fourth-order valence-electron chi connectivity index (χ4n) is 1.60. The number of hydrogen-bond donors (Lipinski definition) is 1. The van der Waals surface area contributed by atoms with Gasteiger partial charge >= 0.3 is 0 Å². The summed E-state index contributed by atoms with van der Waals surface area (Å²) < 4.78 is 10.7. The van der Waals surface area contributed by atoms with E-state index in [1.54, 1.807) is 25.6 Å². The first kappa shape index (κ1) is 10.5. The van der Waals surface area contributed by atoms with Gasteiger partial charge in [-0.1, -0.05) is 0 Å². The van der Waals surface area contributed by atoms with E-state index >= 15 is 0 Å². The van der Waals surface area contributed by atoms with Crippen molar-refractivity contribution in [2.75, 3.05) is 12.8 Å². The highest BCUT2D eigenvalue weighted by Crippen LogP contribution is 2.26. The second-order valence-corrected chi connectivity index (χ2v) is 3.68. The van der Waals surface area contributed by atoms with E-state index < -0.39 is 0 Å². The van der Waals surface area contributed by atoms with Gasteiger partial charge in [0.15, 0.2) is 5.58 Å². The van der Waals surface area contributed by atoms with Crippen molar-refractivity contribution in [3.63, 3.8) is 0 Å². The van der Waals surface area contributed by atoms with Crippen molar-refractivity contribution in [1.82, 2.24) is 15.0 Å². The number of rotatable bonds is 2. The highest BCUT2D eigenvalue weighted by Gasteiger charge is 2.09. The molecule has 0 unspecified atom stereocenters. The van der Waals surface area contributed by atoms with Crippen molar-refractivity contribution >= 4 is 17.0 Å². The van der Waals surface area contributed by atoms with Gasteiger partial charge in [-0.2, -0.15) is 0 Å². The summed E-state index contributed by atoms with van der Waals surface area (Å²) in [6.07, 6.45) is 3.15. The van der Waals surface area contributed by atoms with Gasteiger partial charge in [0.05, 0.1) is 12.7 Å². The van der Waals surface area contributed by atoms with Gasteiger partial charge in [-0.3, -0.25) is 0 Å². The minimum Gasteiger partial charge on any atom is -0.497 e. The molecule has 6 heteroatoms. The molecule has 0 aliphatic heterocycles. The van der Waals surface area contributed by atoms with Gasteiger partial charge < -0.3 is 14.9 Å². The van der Waals surface area contributed by atoms with Crippen LogP contribution in [0.4, 0.5) is 5.95 Å². The summed E-state index contributed by atoms with van der Waals surface area (Å²) in [7, 11) is 1.60. The molecule has 0 atom stereocenters. The van der Waals surface area contributed by atoms with E-state index in [1.165, 1.54) is 0 Å². The number of fused-ring (bicyclic) bond motifs is 1. The zero-order valence-electron chi connectivity index (χ0n) is 9.62. The van der Waals surface area contributed by atoms with Crippen molar-refractivity contribution in [3.8, 4) is 17.2 Å². The molecule has 0 amide bonds. The Kier molecular flexibility index (Phi) is 2.33. The molecular formula is C12H10N4O2. The Morgan fingerprint density at radius 2 is 2.00 bits per heavy atom. The number of methoxy groups -OCH3 is 1. The molecule has 0 radical (unpaired) electrons. The second kappa shape index (κ2) is 3.99. The molecule has 2 heterocycles. The Balaban J connectivity index is 2.10. The fourth-order valence-corrected chi connectivity index (χ4v) is 1.60. The molecule has 6 nitrogen and oxygen atoms in total. The van der Waals surface area contributed by atoms with Crippen LogP contribution in [0.15, 0.2) is 35.0 Å². The lowest BCUT2D eigenvalue weighted by Gasteiger charge is -1.96. The first-order valence-corrected chi connectivity index (χ1v) is 5.29. The average molecular weight is 242 g/mol. The average Bonchev–Trinajstić information content (AvgIpc) is 2.82. The van der Waals surface area contributed by atoms with Gasteiger partial charge in [-0.15, -0.1) is 0 Å². The van der Waals surface area contributed by atoms with Gasteiger partial charge in [0.1, 0.15) is 11.3 Å². The van der Waals surface area contributed by atoms with E-state index in [1.807, 2.05) is 12.1 Å². The highest BCUT2D eigenvalue weighted by atomic mass is 16.5. The molecule has 18 heavy (non-hydrogen) atoms. The van der Waals surface area contributed by atoms with Crippen molar-refractivity contribution in [1.29, 1.82) is 0 Å². The maximum absolute atomic E-state index is 5.62. The van der Waals surface area contributed by atoms with Crippen molar-refractivity contribution < 1.29 is 9.15 Å². The van der Waals surface area contributed by atoms with E-state index in [9.17, 15) is 0 Å². The zero-order valence-corrected chi connectivity index (χ0v) is 9.62. The number of nitrogen functional groups attached to an aromatic ring is 1. The third-order valence-corrected chi connectivity index (χ3v) is 2.51. The molecule has 0 bridgehead atoms. The maximum Gasteiger partial charge on any atom is 0.230 e. The standard InChI is InChI=1S/C12H10N4O2/c1-17-8-2-3-9-10(4-8)18-11(16-9)7-5-14-12(13)15-6-7/h2-6H,1H3,(H2,13,14,15). The Hall–Kier alpha value is -2.63. The van der Waals surface area contributed by atoms with Gasteiger partial charge in [0.25, 0.3) is 0 Å². The molecule has 3 rings (SSSR count). The van der Waals surface area contributed by atoms with Crippen LogP contribution in [0, 0.1) is 0 Å². The summed E-state index contributed by atoms with van der Waals surface area (Å²) in [4.78, 5) is 12.1. The van der Waals surface area contributed by atoms with Gasteiger partial charge in [-0.05, 0) is 12.1 Å². The van der Waals surface area contributed by atoms with Crippen LogP contribution in [0.5, 0.6) is 5.75 Å². The van der Waals surface area contributed by atoms with Crippen molar-refractivity contribution in [3.05, 3.63) is 30.6 Å². The number of ether oxygens (including phenoxy) is 1. The summed E-state index contributed by atoms with van der Waals surface area (Å²) in [5, 5.41) is 0. The molecule has 0 aliphatic carbocycles. The number of hydrogen-bond acceptors (Lipinski definition) is 6. The van der Waals surface area contributed by atoms with Crippen molar-refractivity contribution in [2.45, 2.75) is 0 Å². The van der Waals surface area contributed by atoms with Crippen LogP contribution in [-0.2, 0) is 0 Å². The second-order valence-electron chi connectivity index (χ2n) is 3.68. The topological polar surface area (TPSA) is 87.1 Å². The molecular weight excluding hydrogens is 232 g/mol. The minimum absolute atomic E-state index is 0.219. The summed E-state index contributed by atoms with van der Waals surface area (Å²) in [5.41, 5.74) is 7.51. The Morgan fingerprint density at radius 1 is 1.22 bits per heavy atom. The number of benzene rings is 1. The van der Waals surface area contributed by atoms with Gasteiger partial charge in [0, 0.05) is 18.5 Å². The minimum atomic E-state index is 0.219. The zero-order chi connectivity index (χ0) is 12.5. The molecule has 0 fully saturated rings. The molecule has 2 N–H and O–H groups in total. The largest absolute Gasteiger partial charge is 0.497 e. The number of aromatic nitrogens is 3. The predicted molar refractivity (Wildman–Crippen MR) is 66.0 cm³/mol. The molecule has 0 saturated carbocycles. The van der Waals surface area contributed by atoms with Gasteiger partial charge in [-0.25, -0.2) is 15.0 Å². The third kappa shape index (κ3) is 1.73. The lowest BCUT2D eigenvalue weighted by atomic mass is 10.3. The van der Waals surface area contributed by atoms with E-state index in [0.29, 0.717) is 17.0 Å². The molecule has 0 spiro atoms. The van der Waals surface area contributed by atoms with Gasteiger partial charge in [0.2, 0.25) is 11.8 Å². The summed E-state index contributed by atoms with van der Waals surface area (Å²) >= 11 is 0. The first-order chi connectivity index (χ1) is 8.76. The van der Waals surface area contributed by atoms with Crippen LogP contribution in [0.1, 0.15) is 0 Å². The van der Waals surface area contributed by atoms with Crippen LogP contribution >= 0.6 is 0 Å². The predicted octanol–water partition coefficient (Wildman–Crippen LogP) is 1.88. The molecule has 90 valence electrons. The van der Waals surface area contributed by atoms with Crippen molar-refractivity contribution in [2.24, 2.45) is 0 Å². The summed E-state index contributed by atoms with van der Waals surface area (Å²) in [5.74, 6) is 1.40. The van der Waals surface area contributed by atoms with E-state index in [0.717, 1.165) is 11.3 Å². The summed E-state index contributed by atoms with van der Waals surface area (Å²) in [6.45, 7) is 0. The fraction of sp³-hybridized carbons (Fsp3) is 0.0833. The van der Waals surface area contributed by atoms with Crippen LogP contribution in [0.25, 0.3) is 22.6 Å². The lowest BCUT2D eigenvalue weighted by Crippen LogP contribution is -1.93. The van der Waals surface area contributed by atoms with Crippen LogP contribution in [-0.4, -0.2) is 22.1 Å². The molecule has 2 aromatic heterocycles. The van der Waals surface area contributed by atoms with E-state index in [-0.39, 0.29) is 5.95 Å². The summed E-state index contributed by atoms with van der Waals surface area (Å²) in [6, 6.07) is 5.44. The third-order valence-electron chi connectivity index (χ3n) is 2.51. The first-order valence-electron chi connectivity index (χ1n) is 5.29.